The van der Waals surface area contributed by atoms with E-state index in [1.54, 1.807) is 0 Å². The van der Waals surface area contributed by atoms with Crippen molar-refractivity contribution in [1.82, 2.24) is 4.90 Å². The molecule has 0 unspecified atom stereocenters. The van der Waals surface area contributed by atoms with Gasteiger partial charge >= 0.3 is 0 Å². The minimum Gasteiger partial charge on any atom is -0.349 e. The highest BCUT2D eigenvalue weighted by Crippen LogP contribution is 2.33. The number of rotatable bonds is 3. The van der Waals surface area contributed by atoms with Crippen LogP contribution in [0.5, 0.6) is 0 Å². The van der Waals surface area contributed by atoms with Crippen LogP contribution in [0.2, 0.25) is 0 Å². The molecule has 1 aliphatic heterocycles. The Hall–Kier alpha value is -2.31. The summed E-state index contributed by atoms with van der Waals surface area (Å²) in [5, 5.41) is 0. The molecule has 0 fully saturated rings. The predicted octanol–water partition coefficient (Wildman–Crippen LogP) is 0.972. The Morgan fingerprint density at radius 2 is 1.80 bits per heavy atom. The van der Waals surface area contributed by atoms with Gasteiger partial charge in [-0.05, 0) is 12.1 Å². The second kappa shape index (κ2) is 4.99. The van der Waals surface area contributed by atoms with Crippen LogP contribution in [0.1, 0.15) is 16.8 Å². The number of carbonyl (C=O) groups excluding carboxylic acids is 3. The second-order valence-corrected chi connectivity index (χ2v) is 4.58. The SMILES string of the molecule is CN(C)C(=O)CCN1C(=O)C(=O)c2c(F)ccc(F)c21. The zero-order valence-electron chi connectivity index (χ0n) is 10.9. The summed E-state index contributed by atoms with van der Waals surface area (Å²) in [6, 6.07) is 1.65. The third kappa shape index (κ3) is 2.15. The smallest absolute Gasteiger partial charge is 0.299 e. The Labute approximate surface area is 113 Å². The molecule has 0 aromatic heterocycles. The number of carbonyl (C=O) groups is 3. The largest absolute Gasteiger partial charge is 0.349 e. The minimum atomic E-state index is -1.09. The summed E-state index contributed by atoms with van der Waals surface area (Å²) in [7, 11) is 3.07. The van der Waals surface area contributed by atoms with Crippen LogP contribution in [0.4, 0.5) is 14.5 Å². The molecule has 2 rings (SSSR count). The van der Waals surface area contributed by atoms with Crippen LogP contribution in [0.3, 0.4) is 0 Å². The molecule has 0 saturated heterocycles. The number of anilines is 1. The molecule has 5 nitrogen and oxygen atoms in total. The summed E-state index contributed by atoms with van der Waals surface area (Å²) in [5.41, 5.74) is -0.946. The van der Waals surface area contributed by atoms with Crippen molar-refractivity contribution >= 4 is 23.3 Å². The van der Waals surface area contributed by atoms with Crippen molar-refractivity contribution in [3.63, 3.8) is 0 Å². The summed E-state index contributed by atoms with van der Waals surface area (Å²) in [5.74, 6) is -4.19. The maximum absolute atomic E-state index is 13.7. The first kappa shape index (κ1) is 14.1. The number of nitrogens with zero attached hydrogens (tertiary/aromatic N) is 2. The summed E-state index contributed by atoms with van der Waals surface area (Å²) in [6.45, 7) is -0.172. The Morgan fingerprint density at radius 3 is 2.40 bits per heavy atom. The van der Waals surface area contributed by atoms with E-state index in [1.165, 1.54) is 19.0 Å². The summed E-state index contributed by atoms with van der Waals surface area (Å²) < 4.78 is 27.3. The molecule has 0 N–H and O–H groups in total. The van der Waals surface area contributed by atoms with E-state index in [9.17, 15) is 23.2 Å². The van der Waals surface area contributed by atoms with E-state index in [0.717, 1.165) is 17.0 Å². The Morgan fingerprint density at radius 1 is 1.20 bits per heavy atom. The number of fused-ring (bicyclic) bond motifs is 1. The number of Topliss-reactive ketones (excluding diaryl/α,β-unsaturated/α-hetero) is 1. The lowest BCUT2D eigenvalue weighted by atomic mass is 10.1. The van der Waals surface area contributed by atoms with Crippen molar-refractivity contribution < 1.29 is 23.2 Å². The quantitative estimate of drug-likeness (QED) is 0.776. The number of ketones is 1. The molecule has 1 heterocycles. The number of hydrogen-bond acceptors (Lipinski definition) is 3. The molecule has 7 heteroatoms. The van der Waals surface area contributed by atoms with Crippen molar-refractivity contribution in [2.24, 2.45) is 0 Å². The van der Waals surface area contributed by atoms with E-state index >= 15 is 0 Å². The lowest BCUT2D eigenvalue weighted by Gasteiger charge is -2.18. The fourth-order valence-electron chi connectivity index (χ4n) is 2.00. The Balaban J connectivity index is 2.34. The highest BCUT2D eigenvalue weighted by atomic mass is 19.1. The summed E-state index contributed by atoms with van der Waals surface area (Å²) >= 11 is 0. The van der Waals surface area contributed by atoms with E-state index in [2.05, 4.69) is 0 Å². The standard InChI is InChI=1S/C13H12F2N2O3/c1-16(2)9(18)5-6-17-11-8(15)4-3-7(14)10(11)12(19)13(17)20/h3-4H,5-6H2,1-2H3. The summed E-state index contributed by atoms with van der Waals surface area (Å²) in [6.07, 6.45) is -0.0819. The average molecular weight is 282 g/mol. The zero-order chi connectivity index (χ0) is 15.0. The molecular formula is C13H12F2N2O3. The molecule has 0 bridgehead atoms. The first-order valence-electron chi connectivity index (χ1n) is 5.89. The van der Waals surface area contributed by atoms with Crippen LogP contribution in [-0.4, -0.2) is 43.1 Å². The topological polar surface area (TPSA) is 57.7 Å². The number of benzene rings is 1. The van der Waals surface area contributed by atoms with Crippen LogP contribution in [-0.2, 0) is 9.59 Å². The molecule has 106 valence electrons. The van der Waals surface area contributed by atoms with Crippen LogP contribution < -0.4 is 4.90 Å². The van der Waals surface area contributed by atoms with Crippen LogP contribution in [0.25, 0.3) is 0 Å². The van der Waals surface area contributed by atoms with Gasteiger partial charge in [-0.1, -0.05) is 0 Å². The third-order valence-corrected chi connectivity index (χ3v) is 3.06. The molecule has 1 aromatic carbocycles. The molecule has 20 heavy (non-hydrogen) atoms. The van der Waals surface area contributed by atoms with E-state index < -0.39 is 28.9 Å². The number of amides is 2. The van der Waals surface area contributed by atoms with Gasteiger partial charge in [-0.3, -0.25) is 14.4 Å². The van der Waals surface area contributed by atoms with Gasteiger partial charge in [0.05, 0.1) is 11.3 Å². The van der Waals surface area contributed by atoms with Gasteiger partial charge in [-0.2, -0.15) is 0 Å². The molecule has 2 amide bonds. The third-order valence-electron chi connectivity index (χ3n) is 3.06. The first-order chi connectivity index (χ1) is 9.34. The van der Waals surface area contributed by atoms with Crippen LogP contribution >= 0.6 is 0 Å². The molecule has 0 aliphatic carbocycles. The van der Waals surface area contributed by atoms with E-state index in [4.69, 9.17) is 0 Å². The molecular weight excluding hydrogens is 270 g/mol. The molecule has 1 aromatic rings. The fraction of sp³-hybridized carbons (Fsp3) is 0.308. The van der Waals surface area contributed by atoms with Crippen molar-refractivity contribution in [3.05, 3.63) is 29.3 Å². The van der Waals surface area contributed by atoms with E-state index in [1.807, 2.05) is 0 Å². The van der Waals surface area contributed by atoms with Gasteiger partial charge in [0.2, 0.25) is 5.91 Å². The Kier molecular flexibility index (Phi) is 3.52. The van der Waals surface area contributed by atoms with Gasteiger partial charge in [0.15, 0.2) is 0 Å². The van der Waals surface area contributed by atoms with Gasteiger partial charge in [-0.25, -0.2) is 8.78 Å². The van der Waals surface area contributed by atoms with Gasteiger partial charge in [-0.15, -0.1) is 0 Å². The maximum atomic E-state index is 13.7. The van der Waals surface area contributed by atoms with Gasteiger partial charge in [0, 0.05) is 27.1 Å². The van der Waals surface area contributed by atoms with Gasteiger partial charge in [0.1, 0.15) is 11.6 Å². The maximum Gasteiger partial charge on any atom is 0.299 e. The molecule has 0 spiro atoms. The monoisotopic (exact) mass is 282 g/mol. The van der Waals surface area contributed by atoms with Crippen LogP contribution in [0, 0.1) is 11.6 Å². The predicted molar refractivity (Wildman–Crippen MR) is 66.4 cm³/mol. The molecule has 1 aliphatic rings. The molecule has 0 radical (unpaired) electrons. The average Bonchev–Trinajstić information content (AvgIpc) is 2.65. The normalized spacial score (nSPS) is 13.7. The fourth-order valence-corrected chi connectivity index (χ4v) is 2.00. The number of hydrogen-bond donors (Lipinski definition) is 0. The number of halogens is 2. The Bertz CT molecular complexity index is 614. The minimum absolute atomic E-state index is 0.0819. The lowest BCUT2D eigenvalue weighted by Crippen LogP contribution is -2.34. The second-order valence-electron chi connectivity index (χ2n) is 4.58. The van der Waals surface area contributed by atoms with Gasteiger partial charge in [0.25, 0.3) is 11.7 Å². The lowest BCUT2D eigenvalue weighted by molar-refractivity contribution is -0.128. The van der Waals surface area contributed by atoms with E-state index in [0.29, 0.717) is 0 Å². The van der Waals surface area contributed by atoms with Crippen LogP contribution in [0.15, 0.2) is 12.1 Å². The van der Waals surface area contributed by atoms with Crippen molar-refractivity contribution in [3.8, 4) is 0 Å². The van der Waals surface area contributed by atoms with Gasteiger partial charge < -0.3 is 9.80 Å². The molecule has 0 atom stereocenters. The highest BCUT2D eigenvalue weighted by molar-refractivity contribution is 6.52. The van der Waals surface area contributed by atoms with E-state index in [-0.39, 0.29) is 24.6 Å². The van der Waals surface area contributed by atoms with Crippen molar-refractivity contribution in [2.45, 2.75) is 6.42 Å². The van der Waals surface area contributed by atoms with Crippen molar-refractivity contribution in [2.75, 3.05) is 25.5 Å². The summed E-state index contributed by atoms with van der Waals surface area (Å²) in [4.78, 5) is 37.0. The zero-order valence-corrected chi connectivity index (χ0v) is 10.9. The molecule has 0 saturated carbocycles. The first-order valence-corrected chi connectivity index (χ1v) is 5.89. The highest BCUT2D eigenvalue weighted by Gasteiger charge is 2.40. The van der Waals surface area contributed by atoms with Crippen molar-refractivity contribution in [1.29, 1.82) is 0 Å².